The Hall–Kier alpha value is -1.56. The van der Waals surface area contributed by atoms with Gasteiger partial charge < -0.3 is 14.7 Å². The molecule has 0 unspecified atom stereocenters. The van der Waals surface area contributed by atoms with E-state index in [1.54, 1.807) is 26.2 Å². The van der Waals surface area contributed by atoms with Gasteiger partial charge in [0.1, 0.15) is 5.75 Å². The first kappa shape index (κ1) is 13.5. The van der Waals surface area contributed by atoms with Crippen molar-refractivity contribution < 1.29 is 19.4 Å². The third-order valence-electron chi connectivity index (χ3n) is 2.03. The second-order valence-corrected chi connectivity index (χ2v) is 4.38. The van der Waals surface area contributed by atoms with Crippen molar-refractivity contribution in [2.75, 3.05) is 20.7 Å². The molecule has 1 amide bonds. The molecule has 0 atom stereocenters. The van der Waals surface area contributed by atoms with Gasteiger partial charge in [-0.1, -0.05) is 0 Å². The van der Waals surface area contributed by atoms with Crippen LogP contribution in [0.5, 0.6) is 5.75 Å². The van der Waals surface area contributed by atoms with E-state index in [2.05, 4.69) is 15.9 Å². The molecule has 1 aromatic rings. The quantitative estimate of drug-likeness (QED) is 0.917. The molecule has 0 radical (unpaired) electrons. The molecule has 17 heavy (non-hydrogen) atoms. The van der Waals surface area contributed by atoms with Crippen LogP contribution >= 0.6 is 15.9 Å². The van der Waals surface area contributed by atoms with Crippen molar-refractivity contribution in [3.63, 3.8) is 0 Å². The molecule has 1 N–H and O–H groups in total. The first-order valence-corrected chi connectivity index (χ1v) is 5.57. The summed E-state index contributed by atoms with van der Waals surface area (Å²) in [7, 11) is 3.24. The summed E-state index contributed by atoms with van der Waals surface area (Å²) in [4.78, 5) is 23.5. The summed E-state index contributed by atoms with van der Waals surface area (Å²) in [6.07, 6.45) is 0. The van der Waals surface area contributed by atoms with E-state index >= 15 is 0 Å². The number of hydrogen-bond donors (Lipinski definition) is 1. The van der Waals surface area contributed by atoms with Crippen LogP contribution < -0.4 is 4.74 Å². The number of rotatable bonds is 4. The fraction of sp³-hybridized carbons (Fsp3) is 0.273. The van der Waals surface area contributed by atoms with Crippen LogP contribution in [0.25, 0.3) is 0 Å². The number of hydrogen-bond acceptors (Lipinski definition) is 3. The van der Waals surface area contributed by atoms with Crippen LogP contribution in [0.4, 0.5) is 0 Å². The average Bonchev–Trinajstić information content (AvgIpc) is 2.26. The van der Waals surface area contributed by atoms with E-state index in [0.29, 0.717) is 10.2 Å². The molecular formula is C11H12BrNO4. The van der Waals surface area contributed by atoms with Gasteiger partial charge in [-0.25, -0.2) is 4.79 Å². The molecule has 92 valence electrons. The molecular weight excluding hydrogens is 290 g/mol. The number of aromatic carboxylic acids is 1. The second-order valence-electron chi connectivity index (χ2n) is 3.52. The van der Waals surface area contributed by atoms with Crippen LogP contribution in [0.2, 0.25) is 0 Å². The topological polar surface area (TPSA) is 66.8 Å². The zero-order valence-electron chi connectivity index (χ0n) is 9.44. The molecule has 0 aliphatic carbocycles. The van der Waals surface area contributed by atoms with Crippen molar-refractivity contribution in [1.82, 2.24) is 4.90 Å². The molecule has 0 aliphatic rings. The van der Waals surface area contributed by atoms with Gasteiger partial charge in [-0.2, -0.15) is 0 Å². The third-order valence-corrected chi connectivity index (χ3v) is 2.72. The Bertz CT molecular complexity index is 445. The molecule has 1 aromatic carbocycles. The molecule has 1 rings (SSSR count). The Kier molecular flexibility index (Phi) is 4.51. The summed E-state index contributed by atoms with van der Waals surface area (Å²) in [6, 6.07) is 4.54. The van der Waals surface area contributed by atoms with Crippen molar-refractivity contribution in [3.8, 4) is 5.75 Å². The van der Waals surface area contributed by atoms with Gasteiger partial charge in [0.25, 0.3) is 5.91 Å². The molecule has 0 spiro atoms. The van der Waals surface area contributed by atoms with Crippen molar-refractivity contribution >= 4 is 27.8 Å². The highest BCUT2D eigenvalue weighted by atomic mass is 79.9. The number of carbonyl (C=O) groups excluding carboxylic acids is 1. The van der Waals surface area contributed by atoms with Crippen LogP contribution in [0, 0.1) is 0 Å². The van der Waals surface area contributed by atoms with Crippen LogP contribution in [0.1, 0.15) is 10.4 Å². The molecule has 0 heterocycles. The predicted octanol–water partition coefficient (Wildman–Crippen LogP) is 1.61. The number of ether oxygens (including phenoxy) is 1. The Morgan fingerprint density at radius 2 is 2.06 bits per heavy atom. The smallest absolute Gasteiger partial charge is 0.336 e. The lowest BCUT2D eigenvalue weighted by molar-refractivity contribution is -0.130. The molecule has 0 saturated heterocycles. The van der Waals surface area contributed by atoms with Gasteiger partial charge in [0.05, 0.1) is 5.56 Å². The molecule has 0 bridgehead atoms. The first-order valence-electron chi connectivity index (χ1n) is 4.77. The van der Waals surface area contributed by atoms with Gasteiger partial charge in [-0.15, -0.1) is 0 Å². The number of nitrogens with zero attached hydrogens (tertiary/aromatic N) is 1. The highest BCUT2D eigenvalue weighted by molar-refractivity contribution is 9.10. The van der Waals surface area contributed by atoms with Crippen molar-refractivity contribution in [2.45, 2.75) is 0 Å². The van der Waals surface area contributed by atoms with E-state index in [4.69, 9.17) is 9.84 Å². The molecule has 0 fully saturated rings. The Morgan fingerprint density at radius 3 is 2.59 bits per heavy atom. The van der Waals surface area contributed by atoms with E-state index in [9.17, 15) is 9.59 Å². The van der Waals surface area contributed by atoms with Crippen LogP contribution in [-0.4, -0.2) is 42.6 Å². The second kappa shape index (κ2) is 5.67. The number of carboxylic acid groups (broad SMARTS) is 1. The van der Waals surface area contributed by atoms with Crippen LogP contribution in [0.15, 0.2) is 22.7 Å². The standard InChI is InChI=1S/C11H12BrNO4/c1-13(2)10(14)6-17-7-3-4-9(12)8(5-7)11(15)16/h3-5H,6H2,1-2H3,(H,15,16). The summed E-state index contributed by atoms with van der Waals surface area (Å²) in [5, 5.41) is 8.90. The summed E-state index contributed by atoms with van der Waals surface area (Å²) < 4.78 is 5.67. The summed E-state index contributed by atoms with van der Waals surface area (Å²) in [5.74, 6) is -0.896. The van der Waals surface area contributed by atoms with E-state index in [1.165, 1.54) is 11.0 Å². The zero-order valence-corrected chi connectivity index (χ0v) is 11.0. The Morgan fingerprint density at radius 1 is 1.41 bits per heavy atom. The predicted molar refractivity (Wildman–Crippen MR) is 65.3 cm³/mol. The summed E-state index contributed by atoms with van der Waals surface area (Å²) >= 11 is 3.12. The minimum absolute atomic E-state index is 0.0970. The van der Waals surface area contributed by atoms with Gasteiger partial charge in [-0.3, -0.25) is 4.79 Å². The number of likely N-dealkylation sites (N-methyl/N-ethyl adjacent to an activating group) is 1. The number of benzene rings is 1. The Balaban J connectivity index is 2.76. The largest absolute Gasteiger partial charge is 0.484 e. The highest BCUT2D eigenvalue weighted by Gasteiger charge is 2.11. The average molecular weight is 302 g/mol. The van der Waals surface area contributed by atoms with Crippen molar-refractivity contribution in [2.24, 2.45) is 0 Å². The lowest BCUT2D eigenvalue weighted by Crippen LogP contribution is -2.27. The number of carbonyl (C=O) groups is 2. The number of halogens is 1. The van der Waals surface area contributed by atoms with Gasteiger partial charge >= 0.3 is 5.97 Å². The summed E-state index contributed by atoms with van der Waals surface area (Å²) in [6.45, 7) is -0.117. The zero-order chi connectivity index (χ0) is 13.0. The number of carboxylic acids is 1. The van der Waals surface area contributed by atoms with E-state index < -0.39 is 5.97 Å². The van der Waals surface area contributed by atoms with Gasteiger partial charge in [0.2, 0.25) is 0 Å². The normalized spacial score (nSPS) is 9.82. The van der Waals surface area contributed by atoms with Crippen molar-refractivity contribution in [3.05, 3.63) is 28.2 Å². The minimum atomic E-state index is -1.05. The maximum atomic E-state index is 11.3. The first-order chi connectivity index (χ1) is 7.91. The molecule has 0 aromatic heterocycles. The maximum absolute atomic E-state index is 11.3. The lowest BCUT2D eigenvalue weighted by Gasteiger charge is -2.11. The highest BCUT2D eigenvalue weighted by Crippen LogP contribution is 2.22. The minimum Gasteiger partial charge on any atom is -0.484 e. The fourth-order valence-electron chi connectivity index (χ4n) is 1.03. The van der Waals surface area contributed by atoms with E-state index in [0.717, 1.165) is 0 Å². The molecule has 6 heteroatoms. The van der Waals surface area contributed by atoms with Crippen LogP contribution in [-0.2, 0) is 4.79 Å². The SMILES string of the molecule is CN(C)C(=O)COc1ccc(Br)c(C(=O)O)c1. The van der Waals surface area contributed by atoms with Gasteiger partial charge in [0.15, 0.2) is 6.61 Å². The molecule has 5 nitrogen and oxygen atoms in total. The van der Waals surface area contributed by atoms with E-state index in [1.807, 2.05) is 0 Å². The number of amides is 1. The maximum Gasteiger partial charge on any atom is 0.336 e. The molecule has 0 aliphatic heterocycles. The van der Waals surface area contributed by atoms with Crippen molar-refractivity contribution in [1.29, 1.82) is 0 Å². The third kappa shape index (κ3) is 3.74. The van der Waals surface area contributed by atoms with Gasteiger partial charge in [0, 0.05) is 18.6 Å². The monoisotopic (exact) mass is 301 g/mol. The van der Waals surface area contributed by atoms with Gasteiger partial charge in [-0.05, 0) is 34.1 Å². The van der Waals surface area contributed by atoms with Crippen LogP contribution in [0.3, 0.4) is 0 Å². The summed E-state index contributed by atoms with van der Waals surface area (Å²) in [5.41, 5.74) is 0.0970. The lowest BCUT2D eigenvalue weighted by atomic mass is 10.2. The van der Waals surface area contributed by atoms with E-state index in [-0.39, 0.29) is 18.1 Å². The molecule has 0 saturated carbocycles. The fourth-order valence-corrected chi connectivity index (χ4v) is 1.45. The Labute approximate surface area is 107 Å².